The number of nitrogens with one attached hydrogen (secondary N) is 15. The van der Waals surface area contributed by atoms with Gasteiger partial charge in [-0.25, -0.2) is 19.6 Å². The molecule has 7 rings (SSSR count). The third-order valence-corrected chi connectivity index (χ3v) is 24.8. The Labute approximate surface area is 817 Å². The lowest BCUT2D eigenvalue weighted by Crippen LogP contribution is -2.61. The predicted molar refractivity (Wildman–Crippen MR) is 528 cm³/mol. The standard InChI is InChI=1S/C99H148N22O19/c1-8-9-10-11-12-13-14-15-16-17-18-19-20-21-22-23-24-34-84(125)111-76(98(139)140)42-44-85(126)112-75(97(137)138)41-43-83(124)105-45-28-27-30-64(6)95(135)120-49-47-119(48-50-120)68-37-40-73-71(55-68)96(136)121(61-109-73)59-86(127)110-74(33-29-46-106-99(101)102)88(128)116-80(54-67-58-104-60-108-67)91(131)114-78(52-65-35-38-69(122)39-36-65)90(130)113-77(51-62(2)3)89(129)117-81(56-82(100)123)92(132)115-79(93(133)118-87(63(4)5)94(134)103-7)53-66-57-107-72-32-26-25-31-70(66)72/h25-26,31-32,35-40,55,57-58,60-64,74-81,87,107,122H,8-24,27-30,33-34,41-54,56,59H2,1-7H3,(H2,100,123)(H,103,134)(H,104,108)(H,105,124)(H,110,127)(H,111,125)(H,112,126)(H,113,130)(H,114,131)(H,115,132)(H,116,128)(H,117,129)(H,118,133)(H,137,138)(H,139,140)(H4,101,102,106)/t64-,74-,75-,76-,77?,78-,79?,80?,81-,87-/m0/s1. The Hall–Kier alpha value is -13.5. The summed E-state index contributed by atoms with van der Waals surface area (Å²) in [5, 5.41) is 70.1. The van der Waals surface area contributed by atoms with E-state index in [2.05, 4.69) is 90.7 Å². The molecule has 6 aromatic rings. The number of phenols is 1. The maximum atomic E-state index is 15.0. The first-order valence-electron chi connectivity index (χ1n) is 49.3. The minimum Gasteiger partial charge on any atom is -0.508 e. The molecule has 1 fully saturated rings. The Kier molecular flexibility index (Phi) is 48.9. The number of nitrogens with zero attached hydrogens (tertiary/aromatic N) is 5. The number of benzene rings is 3. The Morgan fingerprint density at radius 2 is 1.02 bits per heavy atom. The van der Waals surface area contributed by atoms with Crippen LogP contribution in [0.4, 0.5) is 5.69 Å². The quantitative estimate of drug-likeness (QED) is 0.0130. The molecule has 0 saturated carbocycles. The normalized spacial score (nSPS) is 14.2. The van der Waals surface area contributed by atoms with E-state index in [-0.39, 0.29) is 124 Å². The second-order valence-corrected chi connectivity index (χ2v) is 37.1. The number of likely N-dealkylation sites (N-methyl/N-ethyl adjacent to an activating group) is 1. The molecule has 1 aliphatic heterocycles. The molecule has 10 atom stereocenters. The number of anilines is 1. The third-order valence-electron chi connectivity index (χ3n) is 24.8. The lowest BCUT2D eigenvalue weighted by Gasteiger charge is -2.37. The number of aliphatic carboxylic acids is 2. The van der Waals surface area contributed by atoms with Crippen molar-refractivity contribution < 1.29 is 87.2 Å². The maximum Gasteiger partial charge on any atom is 0.326 e. The molecular weight excluding hydrogens is 1800 g/mol. The predicted octanol–water partition coefficient (Wildman–Crippen LogP) is 5.33. The molecule has 768 valence electrons. The molecule has 0 aliphatic carbocycles. The minimum absolute atomic E-state index is 0.0544. The minimum atomic E-state index is -1.75. The largest absolute Gasteiger partial charge is 0.508 e. The van der Waals surface area contributed by atoms with Crippen molar-refractivity contribution in [1.29, 1.82) is 5.41 Å². The summed E-state index contributed by atoms with van der Waals surface area (Å²) < 4.78 is 1.06. The van der Waals surface area contributed by atoms with E-state index in [0.29, 0.717) is 74.2 Å². The first-order chi connectivity index (χ1) is 67.0. The van der Waals surface area contributed by atoms with Crippen molar-refractivity contribution in [2.24, 2.45) is 29.2 Å². The van der Waals surface area contributed by atoms with Gasteiger partial charge < -0.3 is 110 Å². The van der Waals surface area contributed by atoms with E-state index in [4.69, 9.17) is 16.9 Å². The number of hydrogen-bond acceptors (Lipinski definition) is 21. The van der Waals surface area contributed by atoms with Crippen molar-refractivity contribution in [3.8, 4) is 5.75 Å². The van der Waals surface area contributed by atoms with Gasteiger partial charge in [-0.2, -0.15) is 0 Å². The van der Waals surface area contributed by atoms with Crippen LogP contribution in [0.15, 0.2) is 96.6 Å². The molecule has 22 N–H and O–H groups in total. The van der Waals surface area contributed by atoms with Crippen LogP contribution in [0.1, 0.15) is 245 Å². The van der Waals surface area contributed by atoms with Gasteiger partial charge in [-0.05, 0) is 111 Å². The van der Waals surface area contributed by atoms with Crippen molar-refractivity contribution in [1.82, 2.24) is 93.2 Å². The molecule has 140 heavy (non-hydrogen) atoms. The lowest BCUT2D eigenvalue weighted by atomic mass is 9.99. The van der Waals surface area contributed by atoms with Crippen LogP contribution in [-0.2, 0) is 97.7 Å². The summed E-state index contributed by atoms with van der Waals surface area (Å²) in [7, 11) is 1.41. The molecule has 41 heteroatoms. The molecule has 3 unspecified atom stereocenters. The number of fused-ring (bicyclic) bond motifs is 2. The van der Waals surface area contributed by atoms with Crippen LogP contribution >= 0.6 is 0 Å². The summed E-state index contributed by atoms with van der Waals surface area (Å²) in [4.78, 5) is 238. The summed E-state index contributed by atoms with van der Waals surface area (Å²) in [6.07, 6.45) is 24.9. The number of aromatic amines is 2. The third kappa shape index (κ3) is 40.1. The van der Waals surface area contributed by atoms with Gasteiger partial charge in [0, 0.05) is 120 Å². The number of nitrogens with two attached hydrogens (primary N) is 2. The van der Waals surface area contributed by atoms with E-state index in [0.717, 1.165) is 41.2 Å². The average Bonchev–Trinajstić information content (AvgIpc) is 1.04. The van der Waals surface area contributed by atoms with Gasteiger partial charge in [0.25, 0.3) is 5.56 Å². The molecule has 41 nitrogen and oxygen atoms in total. The van der Waals surface area contributed by atoms with Crippen molar-refractivity contribution in [2.45, 2.75) is 308 Å². The zero-order valence-corrected chi connectivity index (χ0v) is 81.9. The van der Waals surface area contributed by atoms with Gasteiger partial charge in [0.05, 0.1) is 35.7 Å². The number of carboxylic acids is 2. The first-order valence-corrected chi connectivity index (χ1v) is 49.3. The molecule has 13 amide bonds. The number of imidazole rings is 1. The molecule has 4 heterocycles. The van der Waals surface area contributed by atoms with Gasteiger partial charge in [-0.1, -0.05) is 181 Å². The van der Waals surface area contributed by atoms with Crippen LogP contribution in [0, 0.1) is 23.2 Å². The van der Waals surface area contributed by atoms with Gasteiger partial charge >= 0.3 is 11.9 Å². The number of carbonyl (C=O) groups is 15. The summed E-state index contributed by atoms with van der Waals surface area (Å²) in [5.74, 6) is -14.0. The number of primary amides is 1. The van der Waals surface area contributed by atoms with Crippen LogP contribution in [0.25, 0.3) is 21.8 Å². The van der Waals surface area contributed by atoms with Crippen LogP contribution in [0.5, 0.6) is 5.75 Å². The molecule has 3 aromatic heterocycles. The highest BCUT2D eigenvalue weighted by molar-refractivity contribution is 6.00. The first kappa shape index (κ1) is 113. The zero-order chi connectivity index (χ0) is 102. The van der Waals surface area contributed by atoms with Crippen LogP contribution in [0.2, 0.25) is 0 Å². The van der Waals surface area contributed by atoms with Crippen LogP contribution < -0.4 is 85.7 Å². The number of piperazine rings is 1. The number of H-pyrrole nitrogens is 2. The van der Waals surface area contributed by atoms with Gasteiger partial charge in [0.2, 0.25) is 76.8 Å². The summed E-state index contributed by atoms with van der Waals surface area (Å²) in [6.45, 7) is 12.1. The summed E-state index contributed by atoms with van der Waals surface area (Å²) in [6, 6.07) is 4.87. The fourth-order valence-corrected chi connectivity index (χ4v) is 16.8. The number of carboxylic acid groups (broad SMARTS) is 2. The number of guanidine groups is 1. The second kappa shape index (κ2) is 60.4. The topological polar surface area (TPSA) is 623 Å². The van der Waals surface area contributed by atoms with Gasteiger partial charge in [0.15, 0.2) is 5.96 Å². The number of hydrogen-bond donors (Lipinski definition) is 20. The van der Waals surface area contributed by atoms with Crippen molar-refractivity contribution in [3.05, 3.63) is 119 Å². The fourth-order valence-electron chi connectivity index (χ4n) is 16.8. The van der Waals surface area contributed by atoms with Crippen LogP contribution in [0.3, 0.4) is 0 Å². The van der Waals surface area contributed by atoms with E-state index in [1.807, 2.05) is 17.9 Å². The SMILES string of the molecule is CCCCCCCCCCCCCCCCCCCC(=O)N[C@@H](CCC(=O)N[C@@H](CCC(=O)NCCCC[C@H](C)C(=O)N1CCN(c2ccc3ncn(CC(=O)N[C@@H](CCCNC(=N)N)C(=O)NC(Cc4c[nH]cn4)C(=O)N[C@@H](Cc4ccc(O)cc4)C(=O)NC(CC(C)C)C(=O)N[C@@H](CC(N)=O)C(=O)NC(Cc4c[nH]c5ccccc45)C(=O)N[C@H](C(=O)NC)C(C)C)c(=O)c3c2)CC1)C(=O)O)C(=O)O. The second-order valence-electron chi connectivity index (χ2n) is 37.1. The van der Waals surface area contributed by atoms with Gasteiger partial charge in [-0.15, -0.1) is 0 Å². The Morgan fingerprint density at radius 3 is 1.59 bits per heavy atom. The zero-order valence-electron chi connectivity index (χ0n) is 81.9. The van der Waals surface area contributed by atoms with Crippen molar-refractivity contribution >= 4 is 122 Å². The van der Waals surface area contributed by atoms with E-state index in [1.165, 1.54) is 127 Å². The number of amides is 13. The van der Waals surface area contributed by atoms with E-state index in [1.54, 1.807) is 75.2 Å². The molecule has 1 aliphatic rings. The summed E-state index contributed by atoms with van der Waals surface area (Å²) >= 11 is 0. The fraction of sp³-hybridized carbons (Fsp3) is 0.586. The summed E-state index contributed by atoms with van der Waals surface area (Å²) in [5.41, 5.74) is 13.6. The van der Waals surface area contributed by atoms with Crippen LogP contribution in [-0.4, -0.2) is 240 Å². The Bertz CT molecular complexity index is 5110. The Morgan fingerprint density at radius 1 is 0.493 bits per heavy atom. The van der Waals surface area contributed by atoms with Gasteiger partial charge in [0.1, 0.15) is 66.7 Å². The molecule has 1 saturated heterocycles. The highest BCUT2D eigenvalue weighted by Crippen LogP contribution is 2.25. The average molecular weight is 1950 g/mol. The molecule has 0 radical (unpaired) electrons. The number of phenolic OH excluding ortho intramolecular Hbond substituents is 1. The van der Waals surface area contributed by atoms with Crippen molar-refractivity contribution in [2.75, 3.05) is 51.2 Å². The molecule has 0 bridgehead atoms. The number of unbranched alkanes of at least 4 members (excludes halogenated alkanes) is 17. The monoisotopic (exact) mass is 1950 g/mol. The van der Waals surface area contributed by atoms with E-state index < -0.39 is 162 Å². The lowest BCUT2D eigenvalue weighted by molar-refractivity contribution is -0.143. The maximum absolute atomic E-state index is 15.0. The van der Waals surface area contributed by atoms with E-state index >= 15 is 9.59 Å². The number of para-hydroxylation sites is 1. The molecular formula is C99H148N22O19. The molecule has 3 aromatic carbocycles. The number of carbonyl (C=O) groups excluding carboxylic acids is 13. The van der Waals surface area contributed by atoms with Gasteiger partial charge in [-0.3, -0.25) is 77.1 Å². The number of rotatable bonds is 66. The highest BCUT2D eigenvalue weighted by atomic mass is 16.4. The molecule has 0 spiro atoms. The van der Waals surface area contributed by atoms with Crippen molar-refractivity contribution in [3.63, 3.8) is 0 Å². The van der Waals surface area contributed by atoms with E-state index in [9.17, 15) is 82.4 Å². The number of aromatic hydroxyl groups is 1. The smallest absolute Gasteiger partial charge is 0.326 e. The Balaban J connectivity index is 0.903. The number of aromatic nitrogens is 5. The highest BCUT2D eigenvalue weighted by Gasteiger charge is 2.38.